The fraction of sp³-hybridized carbons (Fsp3) is 0.679. The van der Waals surface area contributed by atoms with Crippen LogP contribution in [0.4, 0.5) is 0 Å². The van der Waals surface area contributed by atoms with Crippen LogP contribution in [0.2, 0.25) is 0 Å². The van der Waals surface area contributed by atoms with Crippen molar-refractivity contribution < 1.29 is 28.6 Å². The molecule has 0 fully saturated rings. The molecule has 0 radical (unpaired) electrons. The normalized spacial score (nSPS) is 12.8. The molecule has 6 heteroatoms. The number of allylic oxidation sites excluding steroid dienone is 14. The molecule has 0 saturated heterocycles. The van der Waals surface area contributed by atoms with Crippen LogP contribution < -0.4 is 0 Å². The number of hydrogen-bond donors (Lipinski definition) is 0. The Kier molecular flexibility index (Phi) is 44.5. The van der Waals surface area contributed by atoms with Gasteiger partial charge < -0.3 is 14.2 Å². The first-order chi connectivity index (χ1) is 29.0. The number of ether oxygens (including phenoxy) is 3. The Morgan fingerprint density at radius 3 is 1.14 bits per heavy atom. The Labute approximate surface area is 363 Å². The summed E-state index contributed by atoms with van der Waals surface area (Å²) in [5.41, 5.74) is 0. The van der Waals surface area contributed by atoms with Crippen molar-refractivity contribution in [2.45, 2.75) is 219 Å². The molecule has 6 nitrogen and oxygen atoms in total. The molecule has 0 N–H and O–H groups in total. The van der Waals surface area contributed by atoms with Crippen LogP contribution in [0.25, 0.3) is 0 Å². The van der Waals surface area contributed by atoms with Crippen LogP contribution in [-0.2, 0) is 28.6 Å². The highest BCUT2D eigenvalue weighted by Gasteiger charge is 2.19. The Morgan fingerprint density at radius 2 is 0.695 bits per heavy atom. The summed E-state index contributed by atoms with van der Waals surface area (Å²) >= 11 is 0. The molecule has 0 rings (SSSR count). The number of unbranched alkanes of at least 4 members (excludes halogenated alkanes) is 17. The summed E-state index contributed by atoms with van der Waals surface area (Å²) in [5.74, 6) is -1.01. The molecule has 0 bridgehead atoms. The second kappa shape index (κ2) is 47.3. The molecule has 59 heavy (non-hydrogen) atoms. The van der Waals surface area contributed by atoms with E-state index in [1.54, 1.807) is 0 Å². The van der Waals surface area contributed by atoms with Crippen molar-refractivity contribution in [3.05, 3.63) is 85.1 Å². The smallest absolute Gasteiger partial charge is 0.306 e. The minimum absolute atomic E-state index is 0.109. The summed E-state index contributed by atoms with van der Waals surface area (Å²) in [6.07, 6.45) is 60.1. The van der Waals surface area contributed by atoms with Crippen LogP contribution in [0.15, 0.2) is 85.1 Å². The predicted octanol–water partition coefficient (Wildman–Crippen LogP) is 15.6. The molecule has 0 aliphatic carbocycles. The highest BCUT2D eigenvalue weighted by Crippen LogP contribution is 2.13. The standard InChI is InChI=1S/C53H88O6/c1-4-7-10-13-16-19-21-23-24-25-26-27-28-30-31-34-37-40-43-46-52(55)58-49-50(48-57-51(54)45-42-39-36-33-18-15-12-9-6-3)59-53(56)47-44-41-38-35-32-29-22-20-17-14-11-8-5-2/h8,11,16-17,19-20,23-24,26-27,29,32,38,41,50H,4-7,9-10,12-15,18,21-22,25,28,30-31,33-37,39-40,42-49H2,1-3H3/b11-8-,19-16-,20-17-,24-23-,27-26-,32-29-,41-38-. The van der Waals surface area contributed by atoms with Crippen molar-refractivity contribution in [3.8, 4) is 0 Å². The molecule has 1 unspecified atom stereocenters. The lowest BCUT2D eigenvalue weighted by molar-refractivity contribution is -0.166. The van der Waals surface area contributed by atoms with Gasteiger partial charge in [-0.3, -0.25) is 14.4 Å². The Hall–Kier alpha value is -3.41. The molecule has 0 saturated carbocycles. The minimum Gasteiger partial charge on any atom is -0.462 e. The van der Waals surface area contributed by atoms with Crippen molar-refractivity contribution in [1.82, 2.24) is 0 Å². The topological polar surface area (TPSA) is 78.9 Å². The highest BCUT2D eigenvalue weighted by molar-refractivity contribution is 5.71. The van der Waals surface area contributed by atoms with Gasteiger partial charge in [0.2, 0.25) is 0 Å². The van der Waals surface area contributed by atoms with Crippen LogP contribution in [-0.4, -0.2) is 37.2 Å². The summed E-state index contributed by atoms with van der Waals surface area (Å²) in [7, 11) is 0. The van der Waals surface area contributed by atoms with E-state index in [0.29, 0.717) is 19.3 Å². The van der Waals surface area contributed by atoms with Crippen molar-refractivity contribution in [3.63, 3.8) is 0 Å². The van der Waals surface area contributed by atoms with Crippen LogP contribution in [0.1, 0.15) is 213 Å². The molecule has 0 aromatic rings. The van der Waals surface area contributed by atoms with Crippen molar-refractivity contribution in [2.24, 2.45) is 0 Å². The first-order valence-corrected chi connectivity index (χ1v) is 24.1. The summed E-state index contributed by atoms with van der Waals surface area (Å²) in [6, 6.07) is 0. The van der Waals surface area contributed by atoms with Gasteiger partial charge in [0.1, 0.15) is 13.2 Å². The summed E-state index contributed by atoms with van der Waals surface area (Å²) in [5, 5.41) is 0. The number of hydrogen-bond acceptors (Lipinski definition) is 6. The summed E-state index contributed by atoms with van der Waals surface area (Å²) in [4.78, 5) is 37.7. The van der Waals surface area contributed by atoms with E-state index in [9.17, 15) is 14.4 Å². The third-order valence-electron chi connectivity index (χ3n) is 9.90. The maximum Gasteiger partial charge on any atom is 0.306 e. The molecule has 0 spiro atoms. The van der Waals surface area contributed by atoms with E-state index < -0.39 is 12.1 Å². The van der Waals surface area contributed by atoms with E-state index >= 15 is 0 Å². The molecule has 0 amide bonds. The third kappa shape index (κ3) is 45.5. The molecular formula is C53H88O6. The maximum atomic E-state index is 12.7. The second-order valence-electron chi connectivity index (χ2n) is 15.6. The lowest BCUT2D eigenvalue weighted by Crippen LogP contribution is -2.30. The average molecular weight is 821 g/mol. The van der Waals surface area contributed by atoms with E-state index in [4.69, 9.17) is 14.2 Å². The lowest BCUT2D eigenvalue weighted by Gasteiger charge is -2.18. The second-order valence-corrected chi connectivity index (χ2v) is 15.6. The predicted molar refractivity (Wildman–Crippen MR) is 251 cm³/mol. The third-order valence-corrected chi connectivity index (χ3v) is 9.90. The van der Waals surface area contributed by atoms with Gasteiger partial charge in [-0.05, 0) is 83.5 Å². The zero-order valence-electron chi connectivity index (χ0n) is 38.2. The van der Waals surface area contributed by atoms with E-state index in [-0.39, 0.29) is 31.6 Å². The van der Waals surface area contributed by atoms with Crippen molar-refractivity contribution in [2.75, 3.05) is 13.2 Å². The summed E-state index contributed by atoms with van der Waals surface area (Å²) < 4.78 is 16.6. The SMILES string of the molecule is CC/C=C\C/C=C\C/C=C\C/C=C\CCC(=O)OC(COC(=O)CCCCCCCC/C=C\C/C=C\C/C=C\CCCCC)COC(=O)CCCCCCCCCCC. The van der Waals surface area contributed by atoms with Crippen molar-refractivity contribution >= 4 is 17.9 Å². The van der Waals surface area contributed by atoms with Gasteiger partial charge in [0.25, 0.3) is 0 Å². The fourth-order valence-corrected chi connectivity index (χ4v) is 6.28. The van der Waals surface area contributed by atoms with Gasteiger partial charge in [-0.1, -0.05) is 196 Å². The number of esters is 3. The zero-order chi connectivity index (χ0) is 43.0. The van der Waals surface area contributed by atoms with Gasteiger partial charge in [0.15, 0.2) is 6.10 Å². The van der Waals surface area contributed by atoms with Gasteiger partial charge in [-0.2, -0.15) is 0 Å². The molecule has 0 aliphatic heterocycles. The van der Waals surface area contributed by atoms with E-state index in [0.717, 1.165) is 89.9 Å². The molecule has 0 heterocycles. The van der Waals surface area contributed by atoms with Crippen LogP contribution in [0.3, 0.4) is 0 Å². The van der Waals surface area contributed by atoms with Gasteiger partial charge in [-0.25, -0.2) is 0 Å². The van der Waals surface area contributed by atoms with E-state index in [1.165, 1.54) is 77.0 Å². The quantitative estimate of drug-likeness (QED) is 0.0264. The zero-order valence-corrected chi connectivity index (χ0v) is 38.2. The van der Waals surface area contributed by atoms with Crippen molar-refractivity contribution in [1.29, 1.82) is 0 Å². The fourth-order valence-electron chi connectivity index (χ4n) is 6.28. The van der Waals surface area contributed by atoms with Gasteiger partial charge in [0, 0.05) is 19.3 Å². The minimum atomic E-state index is -0.816. The number of carbonyl (C=O) groups excluding carboxylic acids is 3. The number of rotatable bonds is 42. The van der Waals surface area contributed by atoms with Crippen LogP contribution >= 0.6 is 0 Å². The monoisotopic (exact) mass is 821 g/mol. The average Bonchev–Trinajstić information content (AvgIpc) is 3.23. The highest BCUT2D eigenvalue weighted by atomic mass is 16.6. The molecule has 0 aliphatic rings. The molecular weight excluding hydrogens is 733 g/mol. The molecule has 0 aromatic heterocycles. The van der Waals surface area contributed by atoms with E-state index in [2.05, 4.69) is 93.7 Å². The first kappa shape index (κ1) is 55.6. The first-order valence-electron chi connectivity index (χ1n) is 24.1. The Balaban J connectivity index is 4.43. The van der Waals surface area contributed by atoms with Gasteiger partial charge >= 0.3 is 17.9 Å². The van der Waals surface area contributed by atoms with Crippen LogP contribution in [0.5, 0.6) is 0 Å². The molecule has 336 valence electrons. The number of carbonyl (C=O) groups is 3. The lowest BCUT2D eigenvalue weighted by atomic mass is 10.1. The summed E-state index contributed by atoms with van der Waals surface area (Å²) in [6.45, 7) is 6.38. The van der Waals surface area contributed by atoms with Gasteiger partial charge in [-0.15, -0.1) is 0 Å². The maximum absolute atomic E-state index is 12.7. The Morgan fingerprint density at radius 1 is 0.356 bits per heavy atom. The molecule has 1 atom stereocenters. The van der Waals surface area contributed by atoms with Gasteiger partial charge in [0.05, 0.1) is 0 Å². The van der Waals surface area contributed by atoms with Crippen LogP contribution in [0, 0.1) is 0 Å². The molecule has 0 aromatic carbocycles. The largest absolute Gasteiger partial charge is 0.462 e. The van der Waals surface area contributed by atoms with E-state index in [1.807, 2.05) is 12.2 Å². The Bertz CT molecular complexity index is 1170.